The van der Waals surface area contributed by atoms with Crippen molar-refractivity contribution in [1.82, 2.24) is 14.7 Å². The van der Waals surface area contributed by atoms with Gasteiger partial charge in [-0.15, -0.1) is 0 Å². The van der Waals surface area contributed by atoms with Crippen molar-refractivity contribution in [2.75, 3.05) is 20.2 Å². The van der Waals surface area contributed by atoms with Gasteiger partial charge in [-0.3, -0.25) is 4.79 Å². The SMILES string of the molecule is COc1cn(-c2ccccc2)nc1C(=O)N1CCC[C@@H](C(F)(F)F)C1. The summed E-state index contributed by atoms with van der Waals surface area (Å²) in [5, 5.41) is 4.23. The molecule has 1 saturated heterocycles. The summed E-state index contributed by atoms with van der Waals surface area (Å²) in [4.78, 5) is 13.9. The molecule has 25 heavy (non-hydrogen) atoms. The number of nitrogens with zero attached hydrogens (tertiary/aromatic N) is 3. The van der Waals surface area contributed by atoms with Crippen molar-refractivity contribution in [2.24, 2.45) is 5.92 Å². The Morgan fingerprint density at radius 2 is 2.00 bits per heavy atom. The summed E-state index contributed by atoms with van der Waals surface area (Å²) in [6.07, 6.45) is -2.39. The first-order valence-corrected chi connectivity index (χ1v) is 7.95. The van der Waals surface area contributed by atoms with E-state index in [2.05, 4.69) is 5.10 Å². The van der Waals surface area contributed by atoms with Crippen LogP contribution in [-0.2, 0) is 0 Å². The Hall–Kier alpha value is -2.51. The minimum absolute atomic E-state index is 0.0224. The minimum atomic E-state index is -4.30. The number of halogens is 3. The van der Waals surface area contributed by atoms with E-state index in [0.29, 0.717) is 6.42 Å². The lowest BCUT2D eigenvalue weighted by Gasteiger charge is -2.33. The molecule has 0 radical (unpaired) electrons. The van der Waals surface area contributed by atoms with E-state index < -0.39 is 18.0 Å². The van der Waals surface area contributed by atoms with Crippen molar-refractivity contribution in [1.29, 1.82) is 0 Å². The van der Waals surface area contributed by atoms with Crippen molar-refractivity contribution < 1.29 is 22.7 Å². The first kappa shape index (κ1) is 17.3. The fraction of sp³-hybridized carbons (Fsp3) is 0.412. The van der Waals surface area contributed by atoms with Gasteiger partial charge in [0.25, 0.3) is 5.91 Å². The molecule has 2 aromatic rings. The average molecular weight is 353 g/mol. The highest BCUT2D eigenvalue weighted by Gasteiger charge is 2.43. The molecule has 0 N–H and O–H groups in total. The molecule has 8 heteroatoms. The maximum atomic E-state index is 13.0. The Bertz CT molecular complexity index is 743. The second kappa shape index (κ2) is 6.78. The summed E-state index contributed by atoms with van der Waals surface area (Å²) < 4.78 is 45.6. The Morgan fingerprint density at radius 3 is 2.64 bits per heavy atom. The van der Waals surface area contributed by atoms with Gasteiger partial charge in [0.2, 0.25) is 0 Å². The summed E-state index contributed by atoms with van der Waals surface area (Å²) in [5.74, 6) is -1.80. The highest BCUT2D eigenvalue weighted by molar-refractivity contribution is 5.95. The third kappa shape index (κ3) is 3.62. The standard InChI is InChI=1S/C17H18F3N3O2/c1-25-14-11-23(13-7-3-2-4-8-13)21-15(14)16(24)22-9-5-6-12(10-22)17(18,19)20/h2-4,7-8,11-12H,5-6,9-10H2,1H3/t12-/m1/s1. The predicted octanol–water partition coefficient (Wildman–Crippen LogP) is 3.30. The van der Waals surface area contributed by atoms with Crippen molar-refractivity contribution in [3.05, 3.63) is 42.2 Å². The molecular formula is C17H18F3N3O2. The lowest BCUT2D eigenvalue weighted by molar-refractivity contribution is -0.184. The first-order valence-electron chi connectivity index (χ1n) is 7.95. The van der Waals surface area contributed by atoms with Gasteiger partial charge in [0, 0.05) is 13.1 Å². The summed E-state index contributed by atoms with van der Waals surface area (Å²) in [7, 11) is 1.40. The number of benzene rings is 1. The van der Waals surface area contributed by atoms with Gasteiger partial charge in [-0.2, -0.15) is 18.3 Å². The van der Waals surface area contributed by atoms with E-state index in [1.807, 2.05) is 18.2 Å². The highest BCUT2D eigenvalue weighted by Crippen LogP contribution is 2.34. The Labute approximate surface area is 143 Å². The second-order valence-corrected chi connectivity index (χ2v) is 5.96. The number of hydrogen-bond donors (Lipinski definition) is 0. The zero-order valence-corrected chi connectivity index (χ0v) is 13.7. The molecule has 0 saturated carbocycles. The molecule has 0 bridgehead atoms. The van der Waals surface area contributed by atoms with E-state index >= 15 is 0 Å². The van der Waals surface area contributed by atoms with Gasteiger partial charge in [-0.05, 0) is 25.0 Å². The number of likely N-dealkylation sites (tertiary alicyclic amines) is 1. The Kier molecular flexibility index (Phi) is 4.69. The fourth-order valence-corrected chi connectivity index (χ4v) is 2.95. The first-order chi connectivity index (χ1) is 11.9. The number of alkyl halides is 3. The van der Waals surface area contributed by atoms with Crippen molar-refractivity contribution in [3.8, 4) is 11.4 Å². The van der Waals surface area contributed by atoms with Crippen LogP contribution in [0.5, 0.6) is 5.75 Å². The number of aromatic nitrogens is 2. The van der Waals surface area contributed by atoms with Gasteiger partial charge in [-0.25, -0.2) is 4.68 Å². The van der Waals surface area contributed by atoms with Gasteiger partial charge in [-0.1, -0.05) is 18.2 Å². The normalized spacial score (nSPS) is 18.2. The number of amides is 1. The molecule has 1 aliphatic heterocycles. The number of para-hydroxylation sites is 1. The van der Waals surface area contributed by atoms with Crippen LogP contribution in [0.3, 0.4) is 0 Å². The molecule has 0 spiro atoms. The maximum absolute atomic E-state index is 13.0. The highest BCUT2D eigenvalue weighted by atomic mass is 19.4. The van der Waals surface area contributed by atoms with E-state index in [9.17, 15) is 18.0 Å². The smallest absolute Gasteiger partial charge is 0.393 e. The molecule has 1 aromatic heterocycles. The van der Waals surface area contributed by atoms with Gasteiger partial charge < -0.3 is 9.64 Å². The maximum Gasteiger partial charge on any atom is 0.393 e. The summed E-state index contributed by atoms with van der Waals surface area (Å²) in [6, 6.07) is 9.11. The van der Waals surface area contributed by atoms with E-state index in [1.165, 1.54) is 16.7 Å². The van der Waals surface area contributed by atoms with Gasteiger partial charge >= 0.3 is 6.18 Å². The molecule has 0 aliphatic carbocycles. The minimum Gasteiger partial charge on any atom is -0.493 e. The molecular weight excluding hydrogens is 335 g/mol. The van der Waals surface area contributed by atoms with E-state index in [4.69, 9.17) is 4.74 Å². The van der Waals surface area contributed by atoms with Crippen LogP contribution in [0.25, 0.3) is 5.69 Å². The molecule has 0 unspecified atom stereocenters. The second-order valence-electron chi connectivity index (χ2n) is 5.96. The fourth-order valence-electron chi connectivity index (χ4n) is 2.95. The number of carbonyl (C=O) groups excluding carboxylic acids is 1. The van der Waals surface area contributed by atoms with Gasteiger partial charge in [0.1, 0.15) is 0 Å². The zero-order valence-electron chi connectivity index (χ0n) is 13.7. The summed E-state index contributed by atoms with van der Waals surface area (Å²) in [5.41, 5.74) is 0.751. The number of methoxy groups -OCH3 is 1. The molecule has 1 aliphatic rings. The largest absolute Gasteiger partial charge is 0.493 e. The van der Waals surface area contributed by atoms with Crippen LogP contribution >= 0.6 is 0 Å². The summed E-state index contributed by atoms with van der Waals surface area (Å²) >= 11 is 0. The molecule has 1 amide bonds. The number of hydrogen-bond acceptors (Lipinski definition) is 3. The molecule has 5 nitrogen and oxygen atoms in total. The molecule has 1 atom stereocenters. The average Bonchev–Trinajstić information content (AvgIpc) is 3.05. The monoisotopic (exact) mass is 353 g/mol. The molecule has 3 rings (SSSR count). The Balaban J connectivity index is 1.85. The van der Waals surface area contributed by atoms with Gasteiger partial charge in [0.05, 0.1) is 24.9 Å². The zero-order chi connectivity index (χ0) is 18.0. The van der Waals surface area contributed by atoms with Crippen LogP contribution in [0, 0.1) is 5.92 Å². The van der Waals surface area contributed by atoms with Crippen molar-refractivity contribution in [3.63, 3.8) is 0 Å². The topological polar surface area (TPSA) is 47.4 Å². The van der Waals surface area contributed by atoms with Gasteiger partial charge in [0.15, 0.2) is 11.4 Å². The van der Waals surface area contributed by atoms with E-state index in [0.717, 1.165) is 5.69 Å². The quantitative estimate of drug-likeness (QED) is 0.851. The van der Waals surface area contributed by atoms with Crippen molar-refractivity contribution >= 4 is 5.91 Å². The number of carbonyl (C=O) groups is 1. The molecule has 134 valence electrons. The third-order valence-corrected chi connectivity index (χ3v) is 4.30. The summed E-state index contributed by atoms with van der Waals surface area (Å²) in [6.45, 7) is -0.0591. The van der Waals surface area contributed by atoms with Crippen LogP contribution in [0.4, 0.5) is 13.2 Å². The number of rotatable bonds is 3. The van der Waals surface area contributed by atoms with Crippen LogP contribution < -0.4 is 4.74 Å². The molecule has 1 fully saturated rings. The number of ether oxygens (including phenoxy) is 1. The van der Waals surface area contributed by atoms with Crippen LogP contribution in [0.2, 0.25) is 0 Å². The lowest BCUT2D eigenvalue weighted by atomic mass is 9.97. The molecule has 1 aromatic carbocycles. The van der Waals surface area contributed by atoms with Crippen LogP contribution in [0.15, 0.2) is 36.5 Å². The third-order valence-electron chi connectivity index (χ3n) is 4.30. The van der Waals surface area contributed by atoms with Crippen LogP contribution in [-0.4, -0.2) is 47.0 Å². The Morgan fingerprint density at radius 1 is 1.28 bits per heavy atom. The lowest BCUT2D eigenvalue weighted by Crippen LogP contribution is -2.44. The van der Waals surface area contributed by atoms with Crippen LogP contribution in [0.1, 0.15) is 23.3 Å². The van der Waals surface area contributed by atoms with E-state index in [-0.39, 0.29) is 31.0 Å². The van der Waals surface area contributed by atoms with Crippen molar-refractivity contribution in [2.45, 2.75) is 19.0 Å². The molecule has 2 heterocycles. The predicted molar refractivity (Wildman–Crippen MR) is 84.8 cm³/mol. The number of piperidine rings is 1. The van der Waals surface area contributed by atoms with E-state index in [1.54, 1.807) is 18.3 Å².